The summed E-state index contributed by atoms with van der Waals surface area (Å²) in [4.78, 5) is 12.0. The number of carbonyl (C=O) groups is 1. The van der Waals surface area contributed by atoms with Crippen molar-refractivity contribution < 1.29 is 18.9 Å². The fourth-order valence-electron chi connectivity index (χ4n) is 1.75. The number of hydrogen-bond acceptors (Lipinski definition) is 6. The largest absolute Gasteiger partial charge is 0.508 e. The van der Waals surface area contributed by atoms with Crippen LogP contribution >= 0.6 is 0 Å². The number of aromatic nitrogens is 2. The first-order valence-electron chi connectivity index (χ1n) is 6.12. The van der Waals surface area contributed by atoms with Crippen molar-refractivity contribution in [3.8, 4) is 17.1 Å². The van der Waals surface area contributed by atoms with Gasteiger partial charge in [-0.1, -0.05) is 10.3 Å². The Labute approximate surface area is 119 Å². The van der Waals surface area contributed by atoms with Crippen molar-refractivity contribution in [2.75, 3.05) is 5.32 Å². The standard InChI is InChI=1S/C14H11N3O4/c1-8-6-13(17-20-8)15-14(19)11-7-12(21-16-11)9-2-4-10(18)5-3-9/h2-7,18H,1H3,(H,15,17,19). The molecule has 2 N–H and O–H groups in total. The first-order valence-corrected chi connectivity index (χ1v) is 6.12. The summed E-state index contributed by atoms with van der Waals surface area (Å²) >= 11 is 0. The first kappa shape index (κ1) is 12.9. The maximum absolute atomic E-state index is 12.0. The lowest BCUT2D eigenvalue weighted by molar-refractivity contribution is 0.101. The molecular formula is C14H11N3O4. The number of aryl methyl sites for hydroxylation is 1. The summed E-state index contributed by atoms with van der Waals surface area (Å²) in [6.45, 7) is 1.72. The maximum atomic E-state index is 12.0. The summed E-state index contributed by atoms with van der Waals surface area (Å²) in [5, 5.41) is 19.2. The Bertz CT molecular complexity index is 774. The molecule has 7 nitrogen and oxygen atoms in total. The van der Waals surface area contributed by atoms with Crippen LogP contribution in [0.15, 0.2) is 45.4 Å². The number of phenolic OH excluding ortho intramolecular Hbond substituents is 1. The predicted octanol–water partition coefficient (Wildman–Crippen LogP) is 2.60. The quantitative estimate of drug-likeness (QED) is 0.767. The molecule has 0 fully saturated rings. The van der Waals surface area contributed by atoms with Crippen LogP contribution in [0.2, 0.25) is 0 Å². The van der Waals surface area contributed by atoms with Crippen LogP contribution in [-0.4, -0.2) is 21.3 Å². The highest BCUT2D eigenvalue weighted by Gasteiger charge is 2.15. The molecule has 7 heteroatoms. The zero-order valence-electron chi connectivity index (χ0n) is 11.0. The number of benzene rings is 1. The van der Waals surface area contributed by atoms with Crippen LogP contribution in [0.1, 0.15) is 16.2 Å². The molecule has 0 aliphatic carbocycles. The molecule has 3 aromatic rings. The third-order valence-corrected chi connectivity index (χ3v) is 2.76. The first-order chi connectivity index (χ1) is 10.1. The Morgan fingerprint density at radius 3 is 2.57 bits per heavy atom. The van der Waals surface area contributed by atoms with Crippen molar-refractivity contribution in [1.29, 1.82) is 0 Å². The number of nitrogens with zero attached hydrogens (tertiary/aromatic N) is 2. The van der Waals surface area contributed by atoms with Crippen LogP contribution in [0.3, 0.4) is 0 Å². The zero-order valence-corrected chi connectivity index (χ0v) is 11.0. The molecule has 21 heavy (non-hydrogen) atoms. The minimum atomic E-state index is -0.447. The van der Waals surface area contributed by atoms with Crippen LogP contribution in [0.5, 0.6) is 5.75 Å². The fourth-order valence-corrected chi connectivity index (χ4v) is 1.75. The number of hydrogen-bond donors (Lipinski definition) is 2. The van der Waals surface area contributed by atoms with Crippen molar-refractivity contribution in [2.45, 2.75) is 6.92 Å². The number of carbonyl (C=O) groups excluding carboxylic acids is 1. The topological polar surface area (TPSA) is 101 Å². The highest BCUT2D eigenvalue weighted by molar-refractivity contribution is 6.02. The van der Waals surface area contributed by atoms with Gasteiger partial charge in [0.05, 0.1) is 0 Å². The van der Waals surface area contributed by atoms with E-state index < -0.39 is 5.91 Å². The summed E-state index contributed by atoms with van der Waals surface area (Å²) in [5.74, 6) is 1.04. The lowest BCUT2D eigenvalue weighted by Gasteiger charge is -1.95. The predicted molar refractivity (Wildman–Crippen MR) is 72.8 cm³/mol. The molecule has 3 rings (SSSR count). The van der Waals surface area contributed by atoms with Crippen LogP contribution in [0.25, 0.3) is 11.3 Å². The van der Waals surface area contributed by atoms with Crippen molar-refractivity contribution in [2.24, 2.45) is 0 Å². The molecule has 0 saturated carbocycles. The van der Waals surface area contributed by atoms with Gasteiger partial charge in [-0.25, -0.2) is 0 Å². The normalized spacial score (nSPS) is 10.5. The van der Waals surface area contributed by atoms with Gasteiger partial charge in [-0.05, 0) is 31.2 Å². The number of anilines is 1. The average molecular weight is 285 g/mol. The molecule has 0 atom stereocenters. The van der Waals surface area contributed by atoms with Gasteiger partial charge < -0.3 is 19.5 Å². The summed E-state index contributed by atoms with van der Waals surface area (Å²) in [6, 6.07) is 9.48. The van der Waals surface area contributed by atoms with Gasteiger partial charge in [0.2, 0.25) is 0 Å². The highest BCUT2D eigenvalue weighted by atomic mass is 16.5. The molecule has 1 aromatic carbocycles. The molecule has 106 valence electrons. The molecule has 0 aliphatic rings. The van der Waals surface area contributed by atoms with Gasteiger partial charge in [-0.15, -0.1) is 0 Å². The van der Waals surface area contributed by atoms with Crippen LogP contribution in [0.4, 0.5) is 5.82 Å². The van der Waals surface area contributed by atoms with Crippen LogP contribution in [-0.2, 0) is 0 Å². The number of aromatic hydroxyl groups is 1. The van der Waals surface area contributed by atoms with Gasteiger partial charge in [0.25, 0.3) is 5.91 Å². The second kappa shape index (κ2) is 5.12. The molecule has 0 saturated heterocycles. The highest BCUT2D eigenvalue weighted by Crippen LogP contribution is 2.23. The SMILES string of the molecule is Cc1cc(NC(=O)c2cc(-c3ccc(O)cc3)on2)no1. The Morgan fingerprint density at radius 2 is 1.90 bits per heavy atom. The number of rotatable bonds is 3. The Kier molecular flexibility index (Phi) is 3.15. The second-order valence-electron chi connectivity index (χ2n) is 4.40. The minimum Gasteiger partial charge on any atom is -0.508 e. The van der Waals surface area contributed by atoms with Gasteiger partial charge in [-0.2, -0.15) is 0 Å². The monoisotopic (exact) mass is 285 g/mol. The van der Waals surface area contributed by atoms with E-state index in [1.165, 1.54) is 18.2 Å². The smallest absolute Gasteiger partial charge is 0.279 e. The molecular weight excluding hydrogens is 274 g/mol. The van der Waals surface area contributed by atoms with E-state index in [4.69, 9.17) is 9.05 Å². The molecule has 0 unspecified atom stereocenters. The lowest BCUT2D eigenvalue weighted by Crippen LogP contribution is -2.12. The average Bonchev–Trinajstić information content (AvgIpc) is 3.09. The third-order valence-electron chi connectivity index (χ3n) is 2.76. The second-order valence-corrected chi connectivity index (χ2v) is 4.40. The van der Waals surface area contributed by atoms with Gasteiger partial charge in [0.1, 0.15) is 11.5 Å². The van der Waals surface area contributed by atoms with Crippen molar-refractivity contribution in [3.63, 3.8) is 0 Å². The molecule has 2 aromatic heterocycles. The Morgan fingerprint density at radius 1 is 1.14 bits per heavy atom. The van der Waals surface area contributed by atoms with E-state index in [0.717, 1.165) is 0 Å². The Hall–Kier alpha value is -3.09. The van der Waals surface area contributed by atoms with E-state index in [-0.39, 0.29) is 11.4 Å². The molecule has 2 heterocycles. The van der Waals surface area contributed by atoms with Gasteiger partial charge >= 0.3 is 0 Å². The lowest BCUT2D eigenvalue weighted by atomic mass is 10.1. The van der Waals surface area contributed by atoms with Crippen LogP contribution < -0.4 is 5.32 Å². The van der Waals surface area contributed by atoms with Crippen molar-refractivity contribution >= 4 is 11.7 Å². The van der Waals surface area contributed by atoms with E-state index in [9.17, 15) is 9.90 Å². The summed E-state index contributed by atoms with van der Waals surface area (Å²) < 4.78 is 9.97. The van der Waals surface area contributed by atoms with Gasteiger partial charge in [0, 0.05) is 17.7 Å². The maximum Gasteiger partial charge on any atom is 0.279 e. The van der Waals surface area contributed by atoms with E-state index >= 15 is 0 Å². The summed E-state index contributed by atoms with van der Waals surface area (Å²) in [5.41, 5.74) is 0.829. The van der Waals surface area contributed by atoms with E-state index in [2.05, 4.69) is 15.6 Å². The number of amides is 1. The summed E-state index contributed by atoms with van der Waals surface area (Å²) in [6.07, 6.45) is 0. The summed E-state index contributed by atoms with van der Waals surface area (Å²) in [7, 11) is 0. The Balaban J connectivity index is 1.78. The van der Waals surface area contributed by atoms with Crippen molar-refractivity contribution in [1.82, 2.24) is 10.3 Å². The van der Waals surface area contributed by atoms with Gasteiger partial charge in [-0.3, -0.25) is 4.79 Å². The van der Waals surface area contributed by atoms with Gasteiger partial charge in [0.15, 0.2) is 17.3 Å². The van der Waals surface area contributed by atoms with E-state index in [1.54, 1.807) is 25.1 Å². The fraction of sp³-hybridized carbons (Fsp3) is 0.0714. The number of nitrogens with one attached hydrogen (secondary N) is 1. The van der Waals surface area contributed by atoms with E-state index in [1.807, 2.05) is 0 Å². The third kappa shape index (κ3) is 2.76. The molecule has 1 amide bonds. The van der Waals surface area contributed by atoms with Crippen molar-refractivity contribution in [3.05, 3.63) is 47.9 Å². The molecule has 0 spiro atoms. The van der Waals surface area contributed by atoms with Crippen LogP contribution in [0, 0.1) is 6.92 Å². The zero-order chi connectivity index (χ0) is 14.8. The van der Waals surface area contributed by atoms with E-state index in [0.29, 0.717) is 22.9 Å². The molecule has 0 bridgehead atoms. The number of phenols is 1. The molecule has 0 aliphatic heterocycles. The molecule has 0 radical (unpaired) electrons. The minimum absolute atomic E-state index is 0.124.